The highest BCUT2D eigenvalue weighted by atomic mass is 127. The first-order valence-electron chi connectivity index (χ1n) is 7.86. The van der Waals surface area contributed by atoms with E-state index in [2.05, 4.69) is 52.8 Å². The SMILES string of the molecule is CN=C(NCCCN(C)C)NCC(O)c1cc2ccccc2s1.I. The molecule has 2 aromatic rings. The summed E-state index contributed by atoms with van der Waals surface area (Å²) >= 11 is 1.63. The molecule has 1 unspecified atom stereocenters. The second-order valence-electron chi connectivity index (χ2n) is 5.74. The smallest absolute Gasteiger partial charge is 0.191 e. The Bertz CT molecular complexity index is 611. The number of nitrogens with zero attached hydrogens (tertiary/aromatic N) is 2. The van der Waals surface area contributed by atoms with Gasteiger partial charge in [0.25, 0.3) is 0 Å². The zero-order valence-electron chi connectivity index (χ0n) is 14.5. The lowest BCUT2D eigenvalue weighted by Crippen LogP contribution is -2.40. The molecule has 0 amide bonds. The van der Waals surface area contributed by atoms with Gasteiger partial charge in [0.2, 0.25) is 0 Å². The summed E-state index contributed by atoms with van der Waals surface area (Å²) in [6.45, 7) is 2.34. The molecular formula is C17H27IN4OS. The summed E-state index contributed by atoms with van der Waals surface area (Å²) in [5, 5.41) is 18.0. The van der Waals surface area contributed by atoms with Gasteiger partial charge in [-0.1, -0.05) is 18.2 Å². The Labute approximate surface area is 165 Å². The zero-order valence-corrected chi connectivity index (χ0v) is 17.6. The summed E-state index contributed by atoms with van der Waals surface area (Å²) in [6.07, 6.45) is 0.514. The number of guanidine groups is 1. The van der Waals surface area contributed by atoms with Crippen molar-refractivity contribution < 1.29 is 5.11 Å². The van der Waals surface area contributed by atoms with E-state index < -0.39 is 6.10 Å². The van der Waals surface area contributed by atoms with Gasteiger partial charge >= 0.3 is 0 Å². The quantitative estimate of drug-likeness (QED) is 0.256. The van der Waals surface area contributed by atoms with Crippen LogP contribution in [0.1, 0.15) is 17.4 Å². The van der Waals surface area contributed by atoms with Crippen LogP contribution in [0, 0.1) is 0 Å². The van der Waals surface area contributed by atoms with Crippen molar-refractivity contribution in [1.29, 1.82) is 0 Å². The fourth-order valence-corrected chi connectivity index (χ4v) is 3.33. The summed E-state index contributed by atoms with van der Waals surface area (Å²) < 4.78 is 1.20. The van der Waals surface area contributed by atoms with E-state index in [9.17, 15) is 5.11 Å². The molecule has 2 rings (SSSR count). The zero-order chi connectivity index (χ0) is 16.7. The van der Waals surface area contributed by atoms with Crippen molar-refractivity contribution in [2.45, 2.75) is 12.5 Å². The monoisotopic (exact) mass is 462 g/mol. The number of aliphatic hydroxyl groups excluding tert-OH is 1. The maximum Gasteiger partial charge on any atom is 0.191 e. The van der Waals surface area contributed by atoms with Crippen molar-refractivity contribution in [2.24, 2.45) is 4.99 Å². The van der Waals surface area contributed by atoms with Crippen LogP contribution in [0.4, 0.5) is 0 Å². The minimum atomic E-state index is -0.535. The molecule has 0 spiro atoms. The van der Waals surface area contributed by atoms with Crippen LogP contribution >= 0.6 is 35.3 Å². The number of hydrogen-bond acceptors (Lipinski definition) is 4. The van der Waals surface area contributed by atoms with Gasteiger partial charge in [-0.15, -0.1) is 35.3 Å². The van der Waals surface area contributed by atoms with Crippen LogP contribution in [-0.2, 0) is 0 Å². The van der Waals surface area contributed by atoms with Crippen LogP contribution in [0.5, 0.6) is 0 Å². The molecule has 0 saturated heterocycles. The number of halogens is 1. The number of benzene rings is 1. The van der Waals surface area contributed by atoms with E-state index in [0.717, 1.165) is 30.3 Å². The van der Waals surface area contributed by atoms with E-state index in [4.69, 9.17) is 0 Å². The van der Waals surface area contributed by atoms with Gasteiger partial charge in [-0.25, -0.2) is 0 Å². The molecule has 0 saturated carbocycles. The van der Waals surface area contributed by atoms with Gasteiger partial charge < -0.3 is 20.6 Å². The van der Waals surface area contributed by atoms with E-state index in [-0.39, 0.29) is 24.0 Å². The molecule has 3 N–H and O–H groups in total. The Hall–Kier alpha value is -0.900. The summed E-state index contributed by atoms with van der Waals surface area (Å²) in [5.74, 6) is 0.726. The Morgan fingerprint density at radius 2 is 2.04 bits per heavy atom. The molecule has 0 aliphatic heterocycles. The largest absolute Gasteiger partial charge is 0.386 e. The van der Waals surface area contributed by atoms with Crippen LogP contribution in [0.15, 0.2) is 35.3 Å². The first-order chi connectivity index (χ1) is 11.1. The molecule has 0 aliphatic rings. The van der Waals surface area contributed by atoms with E-state index in [1.807, 2.05) is 12.1 Å². The molecule has 134 valence electrons. The lowest BCUT2D eigenvalue weighted by atomic mass is 10.2. The number of thiophene rings is 1. The average Bonchev–Trinajstić information content (AvgIpc) is 2.97. The number of nitrogens with one attached hydrogen (secondary N) is 2. The maximum atomic E-state index is 10.4. The molecule has 7 heteroatoms. The predicted octanol–water partition coefficient (Wildman–Crippen LogP) is 2.67. The van der Waals surface area contributed by atoms with Gasteiger partial charge in [0.1, 0.15) is 6.10 Å². The molecule has 0 radical (unpaired) electrons. The predicted molar refractivity (Wildman–Crippen MR) is 115 cm³/mol. The van der Waals surface area contributed by atoms with E-state index in [1.54, 1.807) is 18.4 Å². The van der Waals surface area contributed by atoms with Gasteiger partial charge in [0.15, 0.2) is 5.96 Å². The molecule has 1 aromatic heterocycles. The molecule has 0 bridgehead atoms. The molecule has 0 aliphatic carbocycles. The molecule has 1 atom stereocenters. The van der Waals surface area contributed by atoms with Gasteiger partial charge in [-0.3, -0.25) is 4.99 Å². The Morgan fingerprint density at radius 1 is 1.29 bits per heavy atom. The summed E-state index contributed by atoms with van der Waals surface area (Å²) in [6, 6.07) is 10.2. The van der Waals surface area contributed by atoms with Gasteiger partial charge in [-0.05, 0) is 44.6 Å². The fourth-order valence-electron chi connectivity index (χ4n) is 2.28. The van der Waals surface area contributed by atoms with Crippen LogP contribution < -0.4 is 10.6 Å². The molecule has 1 heterocycles. The van der Waals surface area contributed by atoms with Gasteiger partial charge in [-0.2, -0.15) is 0 Å². The summed E-state index contributed by atoms with van der Waals surface area (Å²) in [4.78, 5) is 7.32. The van der Waals surface area contributed by atoms with E-state index >= 15 is 0 Å². The standard InChI is InChI=1S/C17H26N4OS.HI/c1-18-17(19-9-6-10-21(2)3)20-12-14(22)16-11-13-7-4-5-8-15(13)23-16;/h4-5,7-8,11,14,22H,6,9-10,12H2,1-3H3,(H2,18,19,20);1H. The van der Waals surface area contributed by atoms with Crippen molar-refractivity contribution in [1.82, 2.24) is 15.5 Å². The van der Waals surface area contributed by atoms with Crippen molar-refractivity contribution in [3.8, 4) is 0 Å². The normalized spacial score (nSPS) is 13.0. The molecule has 0 fully saturated rings. The van der Waals surface area contributed by atoms with Crippen LogP contribution in [0.3, 0.4) is 0 Å². The van der Waals surface area contributed by atoms with Crippen LogP contribution in [0.2, 0.25) is 0 Å². The highest BCUT2D eigenvalue weighted by molar-refractivity contribution is 14.0. The van der Waals surface area contributed by atoms with E-state index in [1.165, 1.54) is 10.1 Å². The third-order valence-corrected chi connectivity index (χ3v) is 4.75. The first-order valence-corrected chi connectivity index (χ1v) is 8.67. The summed E-state index contributed by atoms with van der Waals surface area (Å²) in [7, 11) is 5.87. The minimum absolute atomic E-state index is 0. The second kappa shape index (κ2) is 10.9. The Morgan fingerprint density at radius 3 is 2.71 bits per heavy atom. The highest BCUT2D eigenvalue weighted by Gasteiger charge is 2.12. The number of fused-ring (bicyclic) bond motifs is 1. The van der Waals surface area contributed by atoms with Crippen LogP contribution in [-0.4, -0.2) is 56.7 Å². The van der Waals surface area contributed by atoms with E-state index in [0.29, 0.717) is 6.54 Å². The minimum Gasteiger partial charge on any atom is -0.386 e. The number of aliphatic imine (C=N–C) groups is 1. The van der Waals surface area contributed by atoms with Gasteiger partial charge in [0.05, 0.1) is 0 Å². The molecule has 1 aromatic carbocycles. The molecule has 5 nitrogen and oxygen atoms in total. The van der Waals surface area contributed by atoms with Crippen molar-refractivity contribution in [3.63, 3.8) is 0 Å². The van der Waals surface area contributed by atoms with Crippen molar-refractivity contribution >= 4 is 51.4 Å². The third kappa shape index (κ3) is 6.54. The highest BCUT2D eigenvalue weighted by Crippen LogP contribution is 2.29. The average molecular weight is 462 g/mol. The Kier molecular flexibility index (Phi) is 9.57. The topological polar surface area (TPSA) is 59.9 Å². The Balaban J connectivity index is 0.00000288. The number of hydrogen-bond donors (Lipinski definition) is 3. The summed E-state index contributed by atoms with van der Waals surface area (Å²) in [5.41, 5.74) is 0. The van der Waals surface area contributed by atoms with Crippen molar-refractivity contribution in [2.75, 3.05) is 40.8 Å². The van der Waals surface area contributed by atoms with Crippen LogP contribution in [0.25, 0.3) is 10.1 Å². The first kappa shape index (κ1) is 21.1. The lowest BCUT2D eigenvalue weighted by molar-refractivity contribution is 0.184. The lowest BCUT2D eigenvalue weighted by Gasteiger charge is -2.15. The molecule has 24 heavy (non-hydrogen) atoms. The molecular weight excluding hydrogens is 435 g/mol. The third-order valence-electron chi connectivity index (χ3n) is 3.53. The fraction of sp³-hybridized carbons (Fsp3) is 0.471. The number of aliphatic hydroxyl groups is 1. The van der Waals surface area contributed by atoms with Gasteiger partial charge in [0, 0.05) is 29.7 Å². The second-order valence-corrected chi connectivity index (χ2v) is 6.85. The maximum absolute atomic E-state index is 10.4. The number of rotatable bonds is 7. The van der Waals surface area contributed by atoms with Crippen molar-refractivity contribution in [3.05, 3.63) is 35.2 Å².